The monoisotopic (exact) mass is 302 g/mol. The molecule has 0 unspecified atom stereocenters. The maximum absolute atomic E-state index is 6.03. The first-order valence-corrected chi connectivity index (χ1v) is 7.02. The summed E-state index contributed by atoms with van der Waals surface area (Å²) in [6, 6.07) is 5.88. The van der Waals surface area contributed by atoms with Gasteiger partial charge in [0, 0.05) is 12.7 Å². The van der Waals surface area contributed by atoms with Gasteiger partial charge in [0.05, 0.1) is 16.9 Å². The van der Waals surface area contributed by atoms with E-state index in [4.69, 9.17) is 21.1 Å². The van der Waals surface area contributed by atoms with Crippen LogP contribution >= 0.6 is 11.6 Å². The summed E-state index contributed by atoms with van der Waals surface area (Å²) in [6.07, 6.45) is 7.49. The van der Waals surface area contributed by atoms with Gasteiger partial charge < -0.3 is 14.8 Å². The van der Waals surface area contributed by atoms with Crippen molar-refractivity contribution < 1.29 is 9.47 Å². The molecule has 5 heteroatoms. The Bertz CT molecular complexity index is 686. The standard InChI is InChI=1S/C16H15ClN2O2/c1-11-13(17)8-18-9-14(11)19-6-2-3-12-4-5-15-16(7-12)21-10-20-15/h2-5,7-9,19H,6,10H2,1H3/b3-2+. The summed E-state index contributed by atoms with van der Waals surface area (Å²) in [7, 11) is 0. The van der Waals surface area contributed by atoms with Gasteiger partial charge in [-0.05, 0) is 30.2 Å². The van der Waals surface area contributed by atoms with Crippen molar-refractivity contribution in [2.75, 3.05) is 18.7 Å². The van der Waals surface area contributed by atoms with Crippen molar-refractivity contribution in [1.29, 1.82) is 0 Å². The van der Waals surface area contributed by atoms with Crippen molar-refractivity contribution in [1.82, 2.24) is 4.98 Å². The molecule has 3 rings (SSSR count). The molecule has 0 amide bonds. The van der Waals surface area contributed by atoms with E-state index < -0.39 is 0 Å². The zero-order valence-electron chi connectivity index (χ0n) is 11.6. The van der Waals surface area contributed by atoms with Gasteiger partial charge in [0.25, 0.3) is 0 Å². The number of anilines is 1. The Hall–Kier alpha value is -2.20. The first-order chi connectivity index (χ1) is 10.2. The maximum Gasteiger partial charge on any atom is 0.231 e. The zero-order chi connectivity index (χ0) is 14.7. The topological polar surface area (TPSA) is 43.4 Å². The van der Waals surface area contributed by atoms with Crippen LogP contribution in [0.3, 0.4) is 0 Å². The van der Waals surface area contributed by atoms with E-state index in [-0.39, 0.29) is 0 Å². The zero-order valence-corrected chi connectivity index (χ0v) is 12.4. The predicted molar refractivity (Wildman–Crippen MR) is 84.1 cm³/mol. The predicted octanol–water partition coefficient (Wildman–Crippen LogP) is 3.90. The van der Waals surface area contributed by atoms with Gasteiger partial charge in [0.15, 0.2) is 11.5 Å². The quantitative estimate of drug-likeness (QED) is 0.930. The van der Waals surface area contributed by atoms with Crippen LogP contribution in [0.15, 0.2) is 36.7 Å². The van der Waals surface area contributed by atoms with Crippen molar-refractivity contribution in [2.24, 2.45) is 0 Å². The van der Waals surface area contributed by atoms with Crippen LogP contribution in [0.2, 0.25) is 5.02 Å². The van der Waals surface area contributed by atoms with Crippen LogP contribution in [0.5, 0.6) is 11.5 Å². The van der Waals surface area contributed by atoms with Gasteiger partial charge in [-0.3, -0.25) is 4.98 Å². The number of nitrogens with one attached hydrogen (secondary N) is 1. The van der Waals surface area contributed by atoms with Gasteiger partial charge in [0.1, 0.15) is 0 Å². The number of rotatable bonds is 4. The van der Waals surface area contributed by atoms with E-state index in [0.717, 1.165) is 28.3 Å². The lowest BCUT2D eigenvalue weighted by molar-refractivity contribution is 0.174. The Kier molecular flexibility index (Phi) is 3.97. The second kappa shape index (κ2) is 6.06. The summed E-state index contributed by atoms with van der Waals surface area (Å²) < 4.78 is 10.6. The van der Waals surface area contributed by atoms with Gasteiger partial charge in [0.2, 0.25) is 6.79 Å². The number of pyridine rings is 1. The summed E-state index contributed by atoms with van der Waals surface area (Å²) in [5, 5.41) is 3.95. The molecule has 1 aliphatic rings. The summed E-state index contributed by atoms with van der Waals surface area (Å²) in [4.78, 5) is 4.07. The van der Waals surface area contributed by atoms with Crippen LogP contribution in [0.25, 0.3) is 6.08 Å². The minimum Gasteiger partial charge on any atom is -0.454 e. The van der Waals surface area contributed by atoms with E-state index in [1.54, 1.807) is 12.4 Å². The molecule has 0 fully saturated rings. The summed E-state index contributed by atoms with van der Waals surface area (Å²) in [5.41, 5.74) is 3.02. The molecule has 2 heterocycles. The Balaban J connectivity index is 1.61. The lowest BCUT2D eigenvalue weighted by atomic mass is 10.2. The first kappa shape index (κ1) is 13.8. The van der Waals surface area contributed by atoms with Crippen molar-refractivity contribution >= 4 is 23.4 Å². The third-order valence-corrected chi connectivity index (χ3v) is 3.65. The molecule has 0 radical (unpaired) electrons. The fourth-order valence-corrected chi connectivity index (χ4v) is 2.22. The van der Waals surface area contributed by atoms with Gasteiger partial charge in [-0.2, -0.15) is 0 Å². The third-order valence-electron chi connectivity index (χ3n) is 3.27. The number of fused-ring (bicyclic) bond motifs is 1. The molecule has 4 nitrogen and oxygen atoms in total. The molecule has 0 atom stereocenters. The molecule has 1 aromatic heterocycles. The second-order valence-electron chi connectivity index (χ2n) is 4.69. The Morgan fingerprint density at radius 3 is 3.05 bits per heavy atom. The fraction of sp³-hybridized carbons (Fsp3) is 0.188. The van der Waals surface area contributed by atoms with E-state index in [1.807, 2.05) is 37.3 Å². The number of hydrogen-bond acceptors (Lipinski definition) is 4. The van der Waals surface area contributed by atoms with E-state index in [1.165, 1.54) is 0 Å². The molecule has 0 aliphatic carbocycles. The summed E-state index contributed by atoms with van der Waals surface area (Å²) in [5.74, 6) is 1.59. The second-order valence-corrected chi connectivity index (χ2v) is 5.10. The average Bonchev–Trinajstić information content (AvgIpc) is 2.95. The number of hydrogen-bond donors (Lipinski definition) is 1. The molecule has 108 valence electrons. The van der Waals surface area contributed by atoms with Crippen molar-refractivity contribution in [3.05, 3.63) is 52.8 Å². The molecule has 0 bridgehead atoms. The van der Waals surface area contributed by atoms with Crippen LogP contribution in [-0.2, 0) is 0 Å². The number of aromatic nitrogens is 1. The van der Waals surface area contributed by atoms with Crippen LogP contribution < -0.4 is 14.8 Å². The highest BCUT2D eigenvalue weighted by Crippen LogP contribution is 2.32. The largest absolute Gasteiger partial charge is 0.454 e. The molecule has 0 saturated carbocycles. The molecular weight excluding hydrogens is 288 g/mol. The van der Waals surface area contributed by atoms with Crippen LogP contribution in [0, 0.1) is 6.92 Å². The number of benzene rings is 1. The maximum atomic E-state index is 6.03. The lowest BCUT2D eigenvalue weighted by Crippen LogP contribution is -2.00. The van der Waals surface area contributed by atoms with Crippen LogP contribution in [0.4, 0.5) is 5.69 Å². The van der Waals surface area contributed by atoms with E-state index in [0.29, 0.717) is 18.4 Å². The molecule has 0 spiro atoms. The van der Waals surface area contributed by atoms with Gasteiger partial charge in [-0.25, -0.2) is 0 Å². The van der Waals surface area contributed by atoms with Crippen molar-refractivity contribution in [2.45, 2.75) is 6.92 Å². The highest BCUT2D eigenvalue weighted by Gasteiger charge is 2.11. The normalized spacial score (nSPS) is 12.9. The summed E-state index contributed by atoms with van der Waals surface area (Å²) >= 11 is 6.03. The highest BCUT2D eigenvalue weighted by atomic mass is 35.5. The number of nitrogens with zero attached hydrogens (tertiary/aromatic N) is 1. The minimum atomic E-state index is 0.297. The van der Waals surface area contributed by atoms with Crippen molar-refractivity contribution in [3.63, 3.8) is 0 Å². The SMILES string of the molecule is Cc1c(Cl)cncc1NC/C=C/c1ccc2c(c1)OCO2. The van der Waals surface area contributed by atoms with E-state index in [2.05, 4.69) is 10.3 Å². The lowest BCUT2D eigenvalue weighted by Gasteiger charge is -2.07. The smallest absolute Gasteiger partial charge is 0.231 e. The summed E-state index contributed by atoms with van der Waals surface area (Å²) in [6.45, 7) is 2.95. The molecule has 1 aromatic carbocycles. The third kappa shape index (κ3) is 3.11. The molecule has 0 saturated heterocycles. The van der Waals surface area contributed by atoms with Crippen molar-refractivity contribution in [3.8, 4) is 11.5 Å². The number of halogens is 1. The molecule has 1 N–H and O–H groups in total. The highest BCUT2D eigenvalue weighted by molar-refractivity contribution is 6.31. The van der Waals surface area contributed by atoms with Crippen LogP contribution in [-0.4, -0.2) is 18.3 Å². The van der Waals surface area contributed by atoms with E-state index >= 15 is 0 Å². The molecule has 2 aromatic rings. The average molecular weight is 303 g/mol. The fourth-order valence-electron chi connectivity index (χ4n) is 2.06. The Morgan fingerprint density at radius 2 is 2.14 bits per heavy atom. The van der Waals surface area contributed by atoms with Gasteiger partial charge in [-0.15, -0.1) is 0 Å². The number of ether oxygens (including phenoxy) is 2. The van der Waals surface area contributed by atoms with Gasteiger partial charge >= 0.3 is 0 Å². The van der Waals surface area contributed by atoms with Gasteiger partial charge in [-0.1, -0.05) is 29.8 Å². The molecular formula is C16H15ClN2O2. The molecule has 1 aliphatic heterocycles. The minimum absolute atomic E-state index is 0.297. The molecule has 21 heavy (non-hydrogen) atoms. The Morgan fingerprint density at radius 1 is 1.29 bits per heavy atom. The Labute approximate surface area is 128 Å². The first-order valence-electron chi connectivity index (χ1n) is 6.64. The van der Waals surface area contributed by atoms with E-state index in [9.17, 15) is 0 Å². The van der Waals surface area contributed by atoms with Crippen LogP contribution in [0.1, 0.15) is 11.1 Å².